The second kappa shape index (κ2) is 7.22. The molecule has 2 rings (SSSR count). The predicted molar refractivity (Wildman–Crippen MR) is 80.2 cm³/mol. The molecule has 0 N–H and O–H groups in total. The van der Waals surface area contributed by atoms with Crippen molar-refractivity contribution in [3.63, 3.8) is 0 Å². The van der Waals surface area contributed by atoms with Crippen LogP contribution < -0.4 is 0 Å². The Balaban J connectivity index is 2.23. The minimum Gasteiger partial charge on any atom is -0.383 e. The van der Waals surface area contributed by atoms with Crippen LogP contribution in [0, 0.1) is 0 Å². The van der Waals surface area contributed by atoms with Gasteiger partial charge in [0.2, 0.25) is 0 Å². The largest absolute Gasteiger partial charge is 0.383 e. The van der Waals surface area contributed by atoms with Gasteiger partial charge in [-0.3, -0.25) is 9.78 Å². The van der Waals surface area contributed by atoms with Gasteiger partial charge in [-0.25, -0.2) is 0 Å². The first kappa shape index (κ1) is 14.8. The highest BCUT2D eigenvalue weighted by Crippen LogP contribution is 2.15. The van der Waals surface area contributed by atoms with Crippen LogP contribution in [0.1, 0.15) is 10.4 Å². The number of pyridine rings is 1. The van der Waals surface area contributed by atoms with Crippen LogP contribution in [0.15, 0.2) is 36.5 Å². The number of ether oxygens (including phenoxy) is 1. The lowest BCUT2D eigenvalue weighted by Gasteiger charge is -2.21. The molecule has 1 aromatic heterocycles. The standard InChI is InChI=1S/C15H17ClN2O2/c1-20-10-9-18(8-6-16)15(19)13-4-5-14-12(11-13)3-2-7-17-14/h2-5,7,11H,6,8-10H2,1H3. The number of hydrogen-bond donors (Lipinski definition) is 0. The van der Waals surface area contributed by atoms with Gasteiger partial charge in [0, 0.05) is 43.2 Å². The monoisotopic (exact) mass is 292 g/mol. The lowest BCUT2D eigenvalue weighted by Crippen LogP contribution is -2.35. The van der Waals surface area contributed by atoms with Crippen molar-refractivity contribution in [1.82, 2.24) is 9.88 Å². The molecule has 4 nitrogen and oxygen atoms in total. The van der Waals surface area contributed by atoms with E-state index in [4.69, 9.17) is 16.3 Å². The summed E-state index contributed by atoms with van der Waals surface area (Å²) in [6, 6.07) is 9.32. The topological polar surface area (TPSA) is 42.4 Å². The van der Waals surface area contributed by atoms with Crippen molar-refractivity contribution < 1.29 is 9.53 Å². The number of carbonyl (C=O) groups is 1. The molecule has 1 heterocycles. The maximum atomic E-state index is 12.5. The molecule has 1 aromatic carbocycles. The first-order valence-corrected chi connectivity index (χ1v) is 6.98. The second-order valence-electron chi connectivity index (χ2n) is 4.38. The number of halogens is 1. The van der Waals surface area contributed by atoms with Crippen molar-refractivity contribution >= 4 is 28.4 Å². The Morgan fingerprint density at radius 3 is 2.95 bits per heavy atom. The molecule has 0 fully saturated rings. The van der Waals surface area contributed by atoms with E-state index in [-0.39, 0.29) is 5.91 Å². The fourth-order valence-corrected chi connectivity index (χ4v) is 2.21. The summed E-state index contributed by atoms with van der Waals surface area (Å²) in [6.45, 7) is 1.54. The molecule has 0 radical (unpaired) electrons. The molecule has 1 amide bonds. The van der Waals surface area contributed by atoms with E-state index in [0.29, 0.717) is 31.1 Å². The fraction of sp³-hybridized carbons (Fsp3) is 0.333. The molecule has 20 heavy (non-hydrogen) atoms. The van der Waals surface area contributed by atoms with Crippen LogP contribution in [0.5, 0.6) is 0 Å². The molecule has 0 saturated heterocycles. The maximum absolute atomic E-state index is 12.5. The predicted octanol–water partition coefficient (Wildman–Crippen LogP) is 2.56. The van der Waals surface area contributed by atoms with Gasteiger partial charge in [-0.1, -0.05) is 6.07 Å². The van der Waals surface area contributed by atoms with Gasteiger partial charge in [0.25, 0.3) is 5.91 Å². The zero-order chi connectivity index (χ0) is 14.4. The highest BCUT2D eigenvalue weighted by Gasteiger charge is 2.15. The smallest absolute Gasteiger partial charge is 0.253 e. The highest BCUT2D eigenvalue weighted by atomic mass is 35.5. The molecule has 106 valence electrons. The summed E-state index contributed by atoms with van der Waals surface area (Å²) in [5.74, 6) is 0.373. The van der Waals surface area contributed by atoms with Crippen LogP contribution in [0.4, 0.5) is 0 Å². The normalized spacial score (nSPS) is 10.7. The summed E-state index contributed by atoms with van der Waals surface area (Å²) < 4.78 is 5.03. The Morgan fingerprint density at radius 1 is 1.35 bits per heavy atom. The molecule has 0 atom stereocenters. The van der Waals surface area contributed by atoms with Crippen molar-refractivity contribution in [1.29, 1.82) is 0 Å². The third kappa shape index (κ3) is 3.46. The zero-order valence-electron chi connectivity index (χ0n) is 11.4. The van der Waals surface area contributed by atoms with Crippen LogP contribution in [-0.4, -0.2) is 48.5 Å². The molecular formula is C15H17ClN2O2. The first-order chi connectivity index (χ1) is 9.76. The van der Waals surface area contributed by atoms with Gasteiger partial charge in [-0.05, 0) is 24.3 Å². The minimum absolute atomic E-state index is 0.0338. The van der Waals surface area contributed by atoms with Gasteiger partial charge < -0.3 is 9.64 Å². The number of carbonyl (C=O) groups excluding carboxylic acids is 1. The number of methoxy groups -OCH3 is 1. The summed E-state index contributed by atoms with van der Waals surface area (Å²) in [4.78, 5) is 18.4. The number of alkyl halides is 1. The SMILES string of the molecule is COCCN(CCCl)C(=O)c1ccc2ncccc2c1. The van der Waals surface area contributed by atoms with E-state index in [1.807, 2.05) is 24.3 Å². The average molecular weight is 293 g/mol. The highest BCUT2D eigenvalue weighted by molar-refractivity contribution is 6.18. The lowest BCUT2D eigenvalue weighted by molar-refractivity contribution is 0.0708. The molecule has 5 heteroatoms. The number of aromatic nitrogens is 1. The fourth-order valence-electron chi connectivity index (χ4n) is 2.01. The van der Waals surface area contributed by atoms with E-state index in [1.54, 1.807) is 24.3 Å². The van der Waals surface area contributed by atoms with Crippen molar-refractivity contribution in [3.05, 3.63) is 42.1 Å². The summed E-state index contributed by atoms with van der Waals surface area (Å²) in [6.07, 6.45) is 1.74. The quantitative estimate of drug-likeness (QED) is 0.769. The summed E-state index contributed by atoms with van der Waals surface area (Å²) >= 11 is 5.76. The zero-order valence-corrected chi connectivity index (χ0v) is 12.1. The maximum Gasteiger partial charge on any atom is 0.253 e. The molecule has 2 aromatic rings. The van der Waals surface area contributed by atoms with Crippen LogP contribution in [-0.2, 0) is 4.74 Å². The lowest BCUT2D eigenvalue weighted by atomic mass is 10.1. The molecule has 0 saturated carbocycles. The Bertz CT molecular complexity index is 589. The van der Waals surface area contributed by atoms with E-state index in [0.717, 1.165) is 10.9 Å². The van der Waals surface area contributed by atoms with Crippen LogP contribution >= 0.6 is 11.6 Å². The summed E-state index contributed by atoms with van der Waals surface area (Å²) in [7, 11) is 1.62. The van der Waals surface area contributed by atoms with Gasteiger partial charge in [-0.15, -0.1) is 11.6 Å². The van der Waals surface area contributed by atoms with Crippen LogP contribution in [0.25, 0.3) is 10.9 Å². The molecule has 0 aliphatic carbocycles. The van der Waals surface area contributed by atoms with E-state index >= 15 is 0 Å². The summed E-state index contributed by atoms with van der Waals surface area (Å²) in [5.41, 5.74) is 1.52. The summed E-state index contributed by atoms with van der Waals surface area (Å²) in [5, 5.41) is 0.955. The molecule has 0 aliphatic heterocycles. The first-order valence-electron chi connectivity index (χ1n) is 6.45. The third-order valence-corrected chi connectivity index (χ3v) is 3.23. The van der Waals surface area contributed by atoms with E-state index in [9.17, 15) is 4.79 Å². The van der Waals surface area contributed by atoms with Gasteiger partial charge in [0.1, 0.15) is 0 Å². The number of fused-ring (bicyclic) bond motifs is 1. The average Bonchev–Trinajstić information content (AvgIpc) is 2.50. The third-order valence-electron chi connectivity index (χ3n) is 3.06. The van der Waals surface area contributed by atoms with Crippen molar-refractivity contribution in [2.24, 2.45) is 0 Å². The van der Waals surface area contributed by atoms with Crippen LogP contribution in [0.2, 0.25) is 0 Å². The molecule has 0 bridgehead atoms. The van der Waals surface area contributed by atoms with Gasteiger partial charge in [0.05, 0.1) is 12.1 Å². The molecule has 0 unspecified atom stereocenters. The Morgan fingerprint density at radius 2 is 2.20 bits per heavy atom. The number of amides is 1. The van der Waals surface area contributed by atoms with Gasteiger partial charge >= 0.3 is 0 Å². The molecular weight excluding hydrogens is 276 g/mol. The van der Waals surface area contributed by atoms with E-state index in [1.165, 1.54) is 0 Å². The van der Waals surface area contributed by atoms with Gasteiger partial charge in [0.15, 0.2) is 0 Å². The van der Waals surface area contributed by atoms with E-state index in [2.05, 4.69) is 4.98 Å². The second-order valence-corrected chi connectivity index (χ2v) is 4.76. The van der Waals surface area contributed by atoms with Crippen molar-refractivity contribution in [2.45, 2.75) is 0 Å². The number of rotatable bonds is 6. The van der Waals surface area contributed by atoms with Crippen LogP contribution in [0.3, 0.4) is 0 Å². The number of nitrogens with zero attached hydrogens (tertiary/aromatic N) is 2. The Hall–Kier alpha value is -1.65. The van der Waals surface area contributed by atoms with Crippen molar-refractivity contribution in [2.75, 3.05) is 32.7 Å². The Labute approximate surface area is 123 Å². The van der Waals surface area contributed by atoms with Gasteiger partial charge in [-0.2, -0.15) is 0 Å². The number of hydrogen-bond acceptors (Lipinski definition) is 3. The molecule has 0 spiro atoms. The van der Waals surface area contributed by atoms with Crippen molar-refractivity contribution in [3.8, 4) is 0 Å². The van der Waals surface area contributed by atoms with E-state index < -0.39 is 0 Å². The number of benzene rings is 1. The molecule has 0 aliphatic rings. The Kier molecular flexibility index (Phi) is 5.32. The minimum atomic E-state index is -0.0338.